The summed E-state index contributed by atoms with van der Waals surface area (Å²) in [7, 11) is 0. The van der Waals surface area contributed by atoms with Crippen molar-refractivity contribution in [3.05, 3.63) is 51.4 Å². The Kier molecular flexibility index (Phi) is 3.19. The van der Waals surface area contributed by atoms with E-state index in [1.807, 2.05) is 17.5 Å². The predicted molar refractivity (Wildman–Crippen MR) is 81.1 cm³/mol. The maximum Gasteiger partial charge on any atom is 0.280 e. The summed E-state index contributed by atoms with van der Waals surface area (Å²) in [5.74, 6) is 0.560. The number of benzene rings is 1. The van der Waals surface area contributed by atoms with E-state index in [2.05, 4.69) is 5.16 Å². The van der Waals surface area contributed by atoms with E-state index in [0.29, 0.717) is 16.9 Å². The van der Waals surface area contributed by atoms with Crippen molar-refractivity contribution in [2.45, 2.75) is 6.92 Å². The van der Waals surface area contributed by atoms with Crippen LogP contribution in [0.25, 0.3) is 21.8 Å². The highest BCUT2D eigenvalue weighted by atomic mass is 32.1. The smallest absolute Gasteiger partial charge is 0.280 e. The number of rotatable bonds is 3. The normalized spacial score (nSPS) is 10.7. The van der Waals surface area contributed by atoms with Gasteiger partial charge in [0.15, 0.2) is 11.6 Å². The molecule has 0 radical (unpaired) electrons. The molecular weight excluding hydrogens is 290 g/mol. The summed E-state index contributed by atoms with van der Waals surface area (Å²) in [4.78, 5) is 11.7. The second-order valence-corrected chi connectivity index (χ2v) is 5.42. The first kappa shape index (κ1) is 13.3. The fourth-order valence-corrected chi connectivity index (χ4v) is 3.01. The number of aromatic nitrogens is 1. The summed E-state index contributed by atoms with van der Waals surface area (Å²) in [6.07, 6.45) is 0. The molecule has 0 amide bonds. The highest BCUT2D eigenvalue weighted by Gasteiger charge is 2.26. The first-order valence-corrected chi connectivity index (χ1v) is 7.01. The van der Waals surface area contributed by atoms with Gasteiger partial charge in [0.2, 0.25) is 0 Å². The molecular formula is C14H11N3O3S. The molecule has 3 rings (SSSR count). The highest BCUT2D eigenvalue weighted by molar-refractivity contribution is 7.13. The number of nitrogen functional groups attached to an aromatic ring is 1. The summed E-state index contributed by atoms with van der Waals surface area (Å²) < 4.78 is 5.30. The summed E-state index contributed by atoms with van der Waals surface area (Å²) in [6.45, 7) is 1.79. The summed E-state index contributed by atoms with van der Waals surface area (Å²) in [6, 6.07) is 8.63. The second-order valence-electron chi connectivity index (χ2n) is 4.48. The average molecular weight is 301 g/mol. The molecule has 0 aliphatic heterocycles. The Morgan fingerprint density at radius 3 is 2.76 bits per heavy atom. The minimum absolute atomic E-state index is 0.0241. The van der Waals surface area contributed by atoms with Gasteiger partial charge in [0.25, 0.3) is 5.69 Å². The average Bonchev–Trinajstić information content (AvgIpc) is 3.07. The van der Waals surface area contributed by atoms with E-state index in [1.165, 1.54) is 17.4 Å². The SMILES string of the molecule is Cc1cccc([N+](=O)[O-])c1-c1onc(N)c1-c1cccs1. The maximum atomic E-state index is 11.3. The maximum absolute atomic E-state index is 11.3. The molecule has 0 fully saturated rings. The van der Waals surface area contributed by atoms with Crippen LogP contribution in [-0.4, -0.2) is 10.1 Å². The quantitative estimate of drug-likeness (QED) is 0.585. The topological polar surface area (TPSA) is 95.2 Å². The zero-order valence-corrected chi connectivity index (χ0v) is 11.9. The van der Waals surface area contributed by atoms with E-state index in [1.54, 1.807) is 19.1 Å². The zero-order valence-electron chi connectivity index (χ0n) is 11.1. The van der Waals surface area contributed by atoms with Gasteiger partial charge in [-0.2, -0.15) is 0 Å². The minimum Gasteiger partial charge on any atom is -0.380 e. The van der Waals surface area contributed by atoms with Crippen molar-refractivity contribution in [1.82, 2.24) is 5.16 Å². The Morgan fingerprint density at radius 2 is 2.10 bits per heavy atom. The molecule has 7 heteroatoms. The number of hydrogen-bond donors (Lipinski definition) is 1. The van der Waals surface area contributed by atoms with Crippen LogP contribution in [0.4, 0.5) is 11.5 Å². The van der Waals surface area contributed by atoms with Gasteiger partial charge < -0.3 is 10.3 Å². The number of nitro groups is 1. The van der Waals surface area contributed by atoms with Gasteiger partial charge in [-0.05, 0) is 23.9 Å². The third kappa shape index (κ3) is 2.17. The van der Waals surface area contributed by atoms with Crippen molar-refractivity contribution >= 4 is 22.8 Å². The van der Waals surface area contributed by atoms with Crippen molar-refractivity contribution in [3.8, 4) is 21.8 Å². The van der Waals surface area contributed by atoms with Crippen LogP contribution in [0.1, 0.15) is 5.56 Å². The third-order valence-electron chi connectivity index (χ3n) is 3.16. The van der Waals surface area contributed by atoms with Crippen molar-refractivity contribution < 1.29 is 9.45 Å². The molecule has 1 aromatic carbocycles. The Balaban J connectivity index is 2.31. The number of anilines is 1. The van der Waals surface area contributed by atoms with E-state index in [0.717, 1.165) is 10.4 Å². The van der Waals surface area contributed by atoms with Gasteiger partial charge in [-0.3, -0.25) is 10.1 Å². The zero-order chi connectivity index (χ0) is 15.0. The van der Waals surface area contributed by atoms with E-state index in [4.69, 9.17) is 10.3 Å². The number of thiophene rings is 1. The van der Waals surface area contributed by atoms with Crippen molar-refractivity contribution in [1.29, 1.82) is 0 Å². The Morgan fingerprint density at radius 1 is 1.29 bits per heavy atom. The Hall–Kier alpha value is -2.67. The molecule has 0 aliphatic carbocycles. The van der Waals surface area contributed by atoms with E-state index in [9.17, 15) is 10.1 Å². The van der Waals surface area contributed by atoms with Crippen LogP contribution in [-0.2, 0) is 0 Å². The summed E-state index contributed by atoms with van der Waals surface area (Å²) in [5, 5.41) is 16.9. The fraction of sp³-hybridized carbons (Fsp3) is 0.0714. The van der Waals surface area contributed by atoms with Gasteiger partial charge in [-0.1, -0.05) is 23.4 Å². The first-order valence-electron chi connectivity index (χ1n) is 6.13. The molecule has 2 heterocycles. The van der Waals surface area contributed by atoms with E-state index in [-0.39, 0.29) is 11.5 Å². The number of aryl methyl sites for hydroxylation is 1. The molecule has 6 nitrogen and oxygen atoms in total. The highest BCUT2D eigenvalue weighted by Crippen LogP contribution is 2.43. The molecule has 0 saturated carbocycles. The van der Waals surface area contributed by atoms with Crippen LogP contribution in [0.15, 0.2) is 40.2 Å². The molecule has 0 aliphatic rings. The van der Waals surface area contributed by atoms with E-state index < -0.39 is 4.92 Å². The lowest BCUT2D eigenvalue weighted by Crippen LogP contribution is -1.95. The van der Waals surface area contributed by atoms with Crippen molar-refractivity contribution in [2.75, 3.05) is 5.73 Å². The van der Waals surface area contributed by atoms with Crippen LogP contribution in [0, 0.1) is 17.0 Å². The van der Waals surface area contributed by atoms with Crippen molar-refractivity contribution in [3.63, 3.8) is 0 Å². The molecule has 106 valence electrons. The lowest BCUT2D eigenvalue weighted by atomic mass is 10.0. The number of hydrogen-bond acceptors (Lipinski definition) is 6. The van der Waals surface area contributed by atoms with Crippen LogP contribution in [0.5, 0.6) is 0 Å². The molecule has 2 N–H and O–H groups in total. The second kappa shape index (κ2) is 5.02. The largest absolute Gasteiger partial charge is 0.380 e. The first-order chi connectivity index (χ1) is 10.1. The van der Waals surface area contributed by atoms with Crippen LogP contribution < -0.4 is 5.73 Å². The van der Waals surface area contributed by atoms with Crippen LogP contribution >= 0.6 is 11.3 Å². The van der Waals surface area contributed by atoms with Gasteiger partial charge in [0.1, 0.15) is 5.56 Å². The van der Waals surface area contributed by atoms with Crippen LogP contribution in [0.2, 0.25) is 0 Å². The molecule has 3 aromatic rings. The fourth-order valence-electron chi connectivity index (χ4n) is 2.23. The molecule has 0 atom stereocenters. The lowest BCUT2D eigenvalue weighted by Gasteiger charge is -2.05. The number of nitrogens with two attached hydrogens (primary N) is 1. The van der Waals surface area contributed by atoms with Crippen molar-refractivity contribution in [2.24, 2.45) is 0 Å². The van der Waals surface area contributed by atoms with Gasteiger partial charge >= 0.3 is 0 Å². The van der Waals surface area contributed by atoms with Gasteiger partial charge in [-0.25, -0.2) is 0 Å². The molecule has 2 aromatic heterocycles. The molecule has 0 spiro atoms. The summed E-state index contributed by atoms with van der Waals surface area (Å²) >= 11 is 1.47. The monoisotopic (exact) mass is 301 g/mol. The van der Waals surface area contributed by atoms with Gasteiger partial charge in [0, 0.05) is 10.9 Å². The van der Waals surface area contributed by atoms with Crippen LogP contribution in [0.3, 0.4) is 0 Å². The minimum atomic E-state index is -0.431. The predicted octanol–water partition coefficient (Wildman–Crippen LogP) is 3.87. The molecule has 0 bridgehead atoms. The lowest BCUT2D eigenvalue weighted by molar-refractivity contribution is -0.384. The number of nitro benzene ring substituents is 1. The van der Waals surface area contributed by atoms with Gasteiger partial charge in [0.05, 0.1) is 10.5 Å². The molecule has 0 unspecified atom stereocenters. The Bertz CT molecular complexity index is 809. The third-order valence-corrected chi connectivity index (χ3v) is 4.05. The van der Waals surface area contributed by atoms with E-state index >= 15 is 0 Å². The number of nitrogens with zero attached hydrogens (tertiary/aromatic N) is 2. The molecule has 0 saturated heterocycles. The standard InChI is InChI=1S/C14H11N3O3S/c1-8-4-2-5-9(17(18)19)11(8)13-12(14(15)16-20-13)10-6-3-7-21-10/h2-7H,1H3,(H2,15,16). The van der Waals surface area contributed by atoms with Gasteiger partial charge in [-0.15, -0.1) is 11.3 Å². The Labute approximate surface area is 124 Å². The molecule has 21 heavy (non-hydrogen) atoms. The summed E-state index contributed by atoms with van der Waals surface area (Å²) in [5.41, 5.74) is 7.60.